The van der Waals surface area contributed by atoms with Crippen molar-refractivity contribution in [3.63, 3.8) is 0 Å². The van der Waals surface area contributed by atoms with E-state index in [1.807, 2.05) is 19.2 Å². The number of hydrogen-bond acceptors (Lipinski definition) is 3. The summed E-state index contributed by atoms with van der Waals surface area (Å²) in [5.74, 6) is 1.73. The number of carbonyl (C=O) groups is 1. The maximum absolute atomic E-state index is 12.3. The predicted molar refractivity (Wildman–Crippen MR) is 82.2 cm³/mol. The van der Waals surface area contributed by atoms with Crippen LogP contribution in [0.4, 0.5) is 5.82 Å². The van der Waals surface area contributed by atoms with Gasteiger partial charge in [0.2, 0.25) is 0 Å². The van der Waals surface area contributed by atoms with E-state index in [9.17, 15) is 4.79 Å². The first kappa shape index (κ1) is 14.8. The van der Waals surface area contributed by atoms with E-state index in [0.29, 0.717) is 17.4 Å². The Bertz CT molecular complexity index is 465. The molecule has 0 atom stereocenters. The molecule has 0 bridgehead atoms. The molecule has 1 aliphatic rings. The van der Waals surface area contributed by atoms with Crippen LogP contribution in [0, 0.1) is 5.92 Å². The van der Waals surface area contributed by atoms with Crippen LogP contribution in [-0.4, -0.2) is 24.5 Å². The average molecular weight is 275 g/mol. The summed E-state index contributed by atoms with van der Waals surface area (Å²) in [4.78, 5) is 16.8. The molecule has 0 radical (unpaired) electrons. The summed E-state index contributed by atoms with van der Waals surface area (Å²) in [7, 11) is 1.83. The molecule has 110 valence electrons. The molecule has 0 saturated heterocycles. The Labute approximate surface area is 121 Å². The Kier molecular flexibility index (Phi) is 4.99. The maximum Gasteiger partial charge on any atom is 0.251 e. The molecule has 2 N–H and O–H groups in total. The number of amides is 1. The number of nitrogens with one attached hydrogen (secondary N) is 2. The zero-order valence-electron chi connectivity index (χ0n) is 12.7. The van der Waals surface area contributed by atoms with E-state index in [4.69, 9.17) is 0 Å². The van der Waals surface area contributed by atoms with Crippen LogP contribution in [0.2, 0.25) is 0 Å². The van der Waals surface area contributed by atoms with Crippen molar-refractivity contribution in [2.75, 3.05) is 18.9 Å². The Hall–Kier alpha value is -1.58. The fraction of sp³-hybridized carbons (Fsp3) is 0.625. The highest BCUT2D eigenvalue weighted by molar-refractivity contribution is 5.95. The van der Waals surface area contributed by atoms with E-state index in [0.717, 1.165) is 18.1 Å². The highest BCUT2D eigenvalue weighted by Crippen LogP contribution is 2.24. The Morgan fingerprint density at radius 2 is 2.05 bits per heavy atom. The highest BCUT2D eigenvalue weighted by Gasteiger charge is 2.17. The first-order chi connectivity index (χ1) is 9.60. The summed E-state index contributed by atoms with van der Waals surface area (Å²) in [6, 6.07) is 3.71. The molecule has 0 aromatic carbocycles. The number of hydrogen-bond donors (Lipinski definition) is 2. The van der Waals surface area contributed by atoms with Gasteiger partial charge in [-0.1, -0.05) is 26.7 Å². The summed E-state index contributed by atoms with van der Waals surface area (Å²) in [5, 5.41) is 6.09. The first-order valence-electron chi connectivity index (χ1n) is 7.58. The van der Waals surface area contributed by atoms with Gasteiger partial charge in [0.25, 0.3) is 5.91 Å². The van der Waals surface area contributed by atoms with Gasteiger partial charge >= 0.3 is 0 Å². The van der Waals surface area contributed by atoms with Crippen molar-refractivity contribution in [2.24, 2.45) is 5.92 Å². The van der Waals surface area contributed by atoms with Gasteiger partial charge in [0, 0.05) is 24.8 Å². The first-order valence-corrected chi connectivity index (χ1v) is 7.58. The summed E-state index contributed by atoms with van der Waals surface area (Å²) < 4.78 is 0. The normalized spacial score (nSPS) is 15.6. The zero-order chi connectivity index (χ0) is 14.5. The molecule has 0 spiro atoms. The van der Waals surface area contributed by atoms with Gasteiger partial charge in [-0.2, -0.15) is 0 Å². The minimum absolute atomic E-state index is 0.0118. The van der Waals surface area contributed by atoms with Crippen LogP contribution in [0.15, 0.2) is 12.1 Å². The molecule has 1 amide bonds. The van der Waals surface area contributed by atoms with Gasteiger partial charge in [-0.05, 0) is 36.8 Å². The Morgan fingerprint density at radius 3 is 2.65 bits per heavy atom. The molecular weight excluding hydrogens is 250 g/mol. The third-order valence-electron chi connectivity index (χ3n) is 3.98. The molecule has 1 aromatic rings. The lowest BCUT2D eigenvalue weighted by Gasteiger charge is -2.13. The van der Waals surface area contributed by atoms with Crippen molar-refractivity contribution in [1.82, 2.24) is 10.3 Å². The summed E-state index contributed by atoms with van der Waals surface area (Å²) in [5.41, 5.74) is 1.65. The Morgan fingerprint density at radius 1 is 1.35 bits per heavy atom. The van der Waals surface area contributed by atoms with Gasteiger partial charge in [0.1, 0.15) is 5.82 Å². The van der Waals surface area contributed by atoms with Gasteiger partial charge in [0.15, 0.2) is 0 Å². The number of anilines is 1. The predicted octanol–water partition coefficient (Wildman–Crippen LogP) is 3.17. The molecule has 20 heavy (non-hydrogen) atoms. The Balaban J connectivity index is 2.05. The van der Waals surface area contributed by atoms with Crippen LogP contribution in [0.3, 0.4) is 0 Å². The quantitative estimate of drug-likeness (QED) is 0.868. The highest BCUT2D eigenvalue weighted by atomic mass is 16.1. The number of rotatable bonds is 5. The molecule has 1 aliphatic carbocycles. The van der Waals surface area contributed by atoms with E-state index in [1.54, 1.807) is 0 Å². The zero-order valence-corrected chi connectivity index (χ0v) is 12.7. The van der Waals surface area contributed by atoms with Crippen molar-refractivity contribution >= 4 is 11.7 Å². The number of nitrogens with zero attached hydrogens (tertiary/aromatic N) is 1. The van der Waals surface area contributed by atoms with E-state index in [1.165, 1.54) is 25.7 Å². The second-order valence-corrected chi connectivity index (χ2v) is 5.93. The fourth-order valence-electron chi connectivity index (χ4n) is 2.66. The third-order valence-corrected chi connectivity index (χ3v) is 3.98. The minimum Gasteiger partial charge on any atom is -0.373 e. The van der Waals surface area contributed by atoms with Gasteiger partial charge in [-0.25, -0.2) is 4.98 Å². The van der Waals surface area contributed by atoms with Crippen molar-refractivity contribution in [1.29, 1.82) is 0 Å². The van der Waals surface area contributed by atoms with E-state index in [2.05, 4.69) is 29.5 Å². The van der Waals surface area contributed by atoms with E-state index >= 15 is 0 Å². The molecule has 0 aliphatic heterocycles. The van der Waals surface area contributed by atoms with Crippen LogP contribution < -0.4 is 10.6 Å². The number of carbonyl (C=O) groups excluding carboxylic acids is 1. The smallest absolute Gasteiger partial charge is 0.251 e. The molecule has 0 unspecified atom stereocenters. The monoisotopic (exact) mass is 275 g/mol. The summed E-state index contributed by atoms with van der Waals surface area (Å²) in [6.07, 6.45) is 5.10. The topological polar surface area (TPSA) is 54.0 Å². The molecule has 1 fully saturated rings. The maximum atomic E-state index is 12.3. The molecular formula is C16H25N3O. The van der Waals surface area contributed by atoms with Gasteiger partial charge in [-0.3, -0.25) is 4.79 Å². The lowest BCUT2D eigenvalue weighted by molar-refractivity contribution is 0.0947. The number of pyridine rings is 1. The molecule has 1 aromatic heterocycles. The van der Waals surface area contributed by atoms with Crippen LogP contribution in [0.1, 0.15) is 61.5 Å². The van der Waals surface area contributed by atoms with E-state index in [-0.39, 0.29) is 5.91 Å². The SMILES string of the molecule is CNc1cc(C(=O)NCC2CCCC2)cc(C(C)C)n1. The van der Waals surface area contributed by atoms with Crippen molar-refractivity contribution in [3.05, 3.63) is 23.4 Å². The fourth-order valence-corrected chi connectivity index (χ4v) is 2.66. The van der Waals surface area contributed by atoms with E-state index < -0.39 is 0 Å². The standard InChI is InChI=1S/C16H25N3O/c1-11(2)14-8-13(9-15(17-3)19-14)16(20)18-10-12-6-4-5-7-12/h8-9,11-12H,4-7,10H2,1-3H3,(H,17,19)(H,18,20). The largest absolute Gasteiger partial charge is 0.373 e. The molecule has 2 rings (SSSR count). The van der Waals surface area contributed by atoms with Gasteiger partial charge < -0.3 is 10.6 Å². The number of aromatic nitrogens is 1. The lowest BCUT2D eigenvalue weighted by atomic mass is 10.1. The van der Waals surface area contributed by atoms with Crippen LogP contribution >= 0.6 is 0 Å². The second kappa shape index (κ2) is 6.73. The van der Waals surface area contributed by atoms with Gasteiger partial charge in [0.05, 0.1) is 0 Å². The van der Waals surface area contributed by atoms with Crippen LogP contribution in [-0.2, 0) is 0 Å². The third kappa shape index (κ3) is 3.71. The summed E-state index contributed by atoms with van der Waals surface area (Å²) >= 11 is 0. The molecule has 4 nitrogen and oxygen atoms in total. The van der Waals surface area contributed by atoms with Crippen molar-refractivity contribution < 1.29 is 4.79 Å². The van der Waals surface area contributed by atoms with Crippen molar-refractivity contribution in [3.8, 4) is 0 Å². The van der Waals surface area contributed by atoms with Crippen LogP contribution in [0.5, 0.6) is 0 Å². The molecule has 1 heterocycles. The van der Waals surface area contributed by atoms with Crippen molar-refractivity contribution in [2.45, 2.75) is 45.4 Å². The lowest BCUT2D eigenvalue weighted by Crippen LogP contribution is -2.28. The molecule has 4 heteroatoms. The summed E-state index contributed by atoms with van der Waals surface area (Å²) in [6.45, 7) is 4.97. The second-order valence-electron chi connectivity index (χ2n) is 5.93. The van der Waals surface area contributed by atoms with Gasteiger partial charge in [-0.15, -0.1) is 0 Å². The average Bonchev–Trinajstić information content (AvgIpc) is 2.97. The minimum atomic E-state index is 0.0118. The van der Waals surface area contributed by atoms with Crippen LogP contribution in [0.25, 0.3) is 0 Å². The molecule has 1 saturated carbocycles.